The van der Waals surface area contributed by atoms with E-state index in [1.165, 1.54) is 6.07 Å². The van der Waals surface area contributed by atoms with Gasteiger partial charge in [-0.3, -0.25) is 4.68 Å². The molecule has 0 atom stereocenters. The molecule has 0 saturated heterocycles. The highest BCUT2D eigenvalue weighted by atomic mass is 19.1. The number of benzene rings is 1. The van der Waals surface area contributed by atoms with Crippen LogP contribution in [-0.2, 0) is 6.54 Å². The van der Waals surface area contributed by atoms with Crippen LogP contribution in [0.5, 0.6) is 0 Å². The van der Waals surface area contributed by atoms with Crippen molar-refractivity contribution in [1.82, 2.24) is 9.78 Å². The average Bonchev–Trinajstić information content (AvgIpc) is 2.72. The number of nitrogens with two attached hydrogens (primary N) is 1. The van der Waals surface area contributed by atoms with E-state index in [1.54, 1.807) is 12.3 Å². The third-order valence-electron chi connectivity index (χ3n) is 2.74. The standard InChI is InChI=1S/C13H16FN3/c1-3-4-17-8-10(7-16-17)11-6-13(15)12(14)5-9(11)2/h5-8H,3-4,15H2,1-2H3. The van der Waals surface area contributed by atoms with Gasteiger partial charge in [0.05, 0.1) is 11.9 Å². The van der Waals surface area contributed by atoms with Crippen LogP contribution in [0.15, 0.2) is 24.5 Å². The van der Waals surface area contributed by atoms with Gasteiger partial charge in [0.15, 0.2) is 0 Å². The quantitative estimate of drug-likeness (QED) is 0.828. The summed E-state index contributed by atoms with van der Waals surface area (Å²) in [5.41, 5.74) is 8.54. The molecule has 1 aromatic carbocycles. The number of anilines is 1. The van der Waals surface area contributed by atoms with Gasteiger partial charge in [0.1, 0.15) is 5.82 Å². The Kier molecular flexibility index (Phi) is 3.13. The van der Waals surface area contributed by atoms with Crippen LogP contribution in [0.25, 0.3) is 11.1 Å². The first kappa shape index (κ1) is 11.6. The molecule has 17 heavy (non-hydrogen) atoms. The van der Waals surface area contributed by atoms with Gasteiger partial charge in [-0.2, -0.15) is 5.10 Å². The Morgan fingerprint density at radius 3 is 2.88 bits per heavy atom. The van der Waals surface area contributed by atoms with Crippen molar-refractivity contribution in [1.29, 1.82) is 0 Å². The van der Waals surface area contributed by atoms with Crippen molar-refractivity contribution < 1.29 is 4.39 Å². The topological polar surface area (TPSA) is 43.8 Å². The Morgan fingerprint density at radius 2 is 2.18 bits per heavy atom. The monoisotopic (exact) mass is 233 g/mol. The van der Waals surface area contributed by atoms with Gasteiger partial charge >= 0.3 is 0 Å². The summed E-state index contributed by atoms with van der Waals surface area (Å²) in [6.07, 6.45) is 4.78. The van der Waals surface area contributed by atoms with E-state index in [-0.39, 0.29) is 11.5 Å². The number of hydrogen-bond acceptors (Lipinski definition) is 2. The molecule has 0 unspecified atom stereocenters. The minimum absolute atomic E-state index is 0.175. The maximum Gasteiger partial charge on any atom is 0.146 e. The second-order valence-corrected chi connectivity index (χ2v) is 4.18. The summed E-state index contributed by atoms with van der Waals surface area (Å²) >= 11 is 0. The lowest BCUT2D eigenvalue weighted by atomic mass is 10.0. The molecule has 0 spiro atoms. The Hall–Kier alpha value is -1.84. The van der Waals surface area contributed by atoms with Gasteiger partial charge in [-0.05, 0) is 36.6 Å². The van der Waals surface area contributed by atoms with Crippen LogP contribution in [-0.4, -0.2) is 9.78 Å². The molecule has 1 heterocycles. The van der Waals surface area contributed by atoms with Crippen molar-refractivity contribution in [3.63, 3.8) is 0 Å². The maximum absolute atomic E-state index is 13.3. The summed E-state index contributed by atoms with van der Waals surface area (Å²) in [4.78, 5) is 0. The van der Waals surface area contributed by atoms with Crippen LogP contribution < -0.4 is 5.73 Å². The molecular formula is C13H16FN3. The fraction of sp³-hybridized carbons (Fsp3) is 0.308. The van der Waals surface area contributed by atoms with E-state index in [2.05, 4.69) is 12.0 Å². The fourth-order valence-electron chi connectivity index (χ4n) is 1.85. The Labute approximate surface area is 100 Å². The SMILES string of the molecule is CCCn1cc(-c2cc(N)c(F)cc2C)cn1. The van der Waals surface area contributed by atoms with Crippen LogP contribution in [0, 0.1) is 12.7 Å². The van der Waals surface area contributed by atoms with Gasteiger partial charge in [-0.1, -0.05) is 6.92 Å². The van der Waals surface area contributed by atoms with Crippen LogP contribution in [0.1, 0.15) is 18.9 Å². The molecular weight excluding hydrogens is 217 g/mol. The molecule has 4 heteroatoms. The molecule has 90 valence electrons. The zero-order chi connectivity index (χ0) is 12.4. The van der Waals surface area contributed by atoms with Crippen LogP contribution in [0.4, 0.5) is 10.1 Å². The van der Waals surface area contributed by atoms with Crippen molar-refractivity contribution >= 4 is 5.69 Å². The van der Waals surface area contributed by atoms with Gasteiger partial charge in [-0.25, -0.2) is 4.39 Å². The number of rotatable bonds is 3. The van der Waals surface area contributed by atoms with E-state index in [0.29, 0.717) is 0 Å². The fourth-order valence-corrected chi connectivity index (χ4v) is 1.85. The van der Waals surface area contributed by atoms with Crippen molar-refractivity contribution in [2.24, 2.45) is 0 Å². The van der Waals surface area contributed by atoms with Crippen molar-refractivity contribution in [2.45, 2.75) is 26.8 Å². The predicted octanol–water partition coefficient (Wildman–Crippen LogP) is 2.99. The third kappa shape index (κ3) is 2.30. The minimum Gasteiger partial charge on any atom is -0.396 e. The Balaban J connectivity index is 2.41. The zero-order valence-corrected chi connectivity index (χ0v) is 10.1. The van der Waals surface area contributed by atoms with E-state index < -0.39 is 0 Å². The number of nitrogens with zero attached hydrogens (tertiary/aromatic N) is 2. The average molecular weight is 233 g/mol. The summed E-state index contributed by atoms with van der Waals surface area (Å²) in [5.74, 6) is -0.368. The van der Waals surface area contributed by atoms with Gasteiger partial charge in [-0.15, -0.1) is 0 Å². The smallest absolute Gasteiger partial charge is 0.146 e. The van der Waals surface area contributed by atoms with E-state index in [9.17, 15) is 4.39 Å². The summed E-state index contributed by atoms with van der Waals surface area (Å²) in [7, 11) is 0. The molecule has 2 N–H and O–H groups in total. The number of halogens is 1. The van der Waals surface area contributed by atoms with Gasteiger partial charge in [0.25, 0.3) is 0 Å². The third-order valence-corrected chi connectivity index (χ3v) is 2.74. The van der Waals surface area contributed by atoms with E-state index >= 15 is 0 Å². The lowest BCUT2D eigenvalue weighted by molar-refractivity contribution is 0.603. The first-order valence-electron chi connectivity index (χ1n) is 5.70. The first-order valence-corrected chi connectivity index (χ1v) is 5.70. The molecule has 0 fully saturated rings. The van der Waals surface area contributed by atoms with Crippen molar-refractivity contribution in [2.75, 3.05) is 5.73 Å². The van der Waals surface area contributed by atoms with Crippen molar-refractivity contribution in [3.8, 4) is 11.1 Å². The molecule has 3 nitrogen and oxygen atoms in total. The summed E-state index contributed by atoms with van der Waals surface area (Å²) in [5, 5.41) is 4.26. The molecule has 2 aromatic rings. The molecule has 0 radical (unpaired) electrons. The van der Waals surface area contributed by atoms with Crippen LogP contribution >= 0.6 is 0 Å². The number of hydrogen-bond donors (Lipinski definition) is 1. The molecule has 0 amide bonds. The summed E-state index contributed by atoms with van der Waals surface area (Å²) in [6, 6.07) is 3.12. The van der Waals surface area contributed by atoms with Crippen LogP contribution in [0.3, 0.4) is 0 Å². The second kappa shape index (κ2) is 4.57. The predicted molar refractivity (Wildman–Crippen MR) is 67.1 cm³/mol. The van der Waals surface area contributed by atoms with Gasteiger partial charge < -0.3 is 5.73 Å². The van der Waals surface area contributed by atoms with E-state index in [4.69, 9.17) is 5.73 Å². The zero-order valence-electron chi connectivity index (χ0n) is 10.1. The molecule has 0 saturated carbocycles. The second-order valence-electron chi connectivity index (χ2n) is 4.18. The number of aromatic nitrogens is 2. The summed E-state index contributed by atoms with van der Waals surface area (Å²) < 4.78 is 15.1. The highest BCUT2D eigenvalue weighted by Crippen LogP contribution is 2.27. The van der Waals surface area contributed by atoms with Gasteiger partial charge in [0, 0.05) is 18.3 Å². The Morgan fingerprint density at radius 1 is 1.41 bits per heavy atom. The first-order chi connectivity index (χ1) is 8.11. The lowest BCUT2D eigenvalue weighted by Gasteiger charge is -2.05. The normalized spacial score (nSPS) is 10.8. The molecule has 0 aliphatic heterocycles. The maximum atomic E-state index is 13.3. The molecule has 2 rings (SSSR count). The molecule has 0 aliphatic carbocycles. The molecule has 0 bridgehead atoms. The van der Waals surface area contributed by atoms with Crippen molar-refractivity contribution in [3.05, 3.63) is 35.9 Å². The van der Waals surface area contributed by atoms with E-state index in [1.807, 2.05) is 17.8 Å². The highest BCUT2D eigenvalue weighted by Gasteiger charge is 2.08. The Bertz CT molecular complexity index is 531. The van der Waals surface area contributed by atoms with Crippen LogP contribution in [0.2, 0.25) is 0 Å². The summed E-state index contributed by atoms with van der Waals surface area (Å²) in [6.45, 7) is 4.85. The highest BCUT2D eigenvalue weighted by molar-refractivity contribution is 5.70. The largest absolute Gasteiger partial charge is 0.396 e. The van der Waals surface area contributed by atoms with E-state index in [0.717, 1.165) is 29.7 Å². The minimum atomic E-state index is -0.368. The van der Waals surface area contributed by atoms with Gasteiger partial charge in [0.2, 0.25) is 0 Å². The lowest BCUT2D eigenvalue weighted by Crippen LogP contribution is -1.96. The number of aryl methyl sites for hydroxylation is 2. The molecule has 1 aromatic heterocycles. The number of nitrogen functional groups attached to an aromatic ring is 1. The molecule has 0 aliphatic rings.